The summed E-state index contributed by atoms with van der Waals surface area (Å²) >= 11 is 5.92. The van der Waals surface area contributed by atoms with Crippen molar-refractivity contribution in [3.05, 3.63) is 28.8 Å². The molecule has 2 nitrogen and oxygen atoms in total. The smallest absolute Gasteiger partial charge is 0.359 e. The Morgan fingerprint density at radius 2 is 2.00 bits per heavy atom. The fraction of sp³-hybridized carbons (Fsp3) is 0.417. The maximum absolute atomic E-state index is 12.5. The van der Waals surface area contributed by atoms with Gasteiger partial charge in [-0.15, -0.1) is 0 Å². The number of rotatable bonds is 3. The molecule has 0 aliphatic carbocycles. The van der Waals surface area contributed by atoms with Gasteiger partial charge in [-0.2, -0.15) is 18.4 Å². The van der Waals surface area contributed by atoms with Gasteiger partial charge in [0, 0.05) is 6.04 Å². The lowest BCUT2D eigenvalue weighted by molar-refractivity contribution is -0.120. The first-order chi connectivity index (χ1) is 8.24. The Hall–Kier alpha value is -1.41. The normalized spacial score (nSPS) is 11.4. The van der Waals surface area contributed by atoms with Gasteiger partial charge in [-0.3, -0.25) is 0 Å². The molecule has 6 heteroatoms. The van der Waals surface area contributed by atoms with Crippen molar-refractivity contribution in [3.8, 4) is 6.07 Å². The minimum atomic E-state index is -4.30. The highest BCUT2D eigenvalue weighted by Gasteiger charge is 2.32. The van der Waals surface area contributed by atoms with Crippen LogP contribution in [0.3, 0.4) is 0 Å². The summed E-state index contributed by atoms with van der Waals surface area (Å²) in [5.74, 6) is 0. The Kier molecular flexibility index (Phi) is 4.47. The molecular weight excluding hydrogens is 265 g/mol. The van der Waals surface area contributed by atoms with Crippen LogP contribution in [0.15, 0.2) is 18.2 Å². The molecule has 0 amide bonds. The number of anilines is 1. The number of nitrogens with zero attached hydrogens (tertiary/aromatic N) is 2. The zero-order valence-corrected chi connectivity index (χ0v) is 10.7. The summed E-state index contributed by atoms with van der Waals surface area (Å²) in [5.41, 5.74) is 0.599. The predicted molar refractivity (Wildman–Crippen MR) is 64.7 cm³/mol. The summed E-state index contributed by atoms with van der Waals surface area (Å²) < 4.78 is 37.5. The van der Waals surface area contributed by atoms with E-state index < -0.39 is 12.7 Å². The van der Waals surface area contributed by atoms with Crippen LogP contribution in [0.5, 0.6) is 0 Å². The Bertz CT molecular complexity index is 463. The Morgan fingerprint density at radius 1 is 1.39 bits per heavy atom. The highest BCUT2D eigenvalue weighted by Crippen LogP contribution is 2.31. The van der Waals surface area contributed by atoms with Crippen molar-refractivity contribution in [3.63, 3.8) is 0 Å². The van der Waals surface area contributed by atoms with Crippen molar-refractivity contribution in [2.75, 3.05) is 11.4 Å². The third-order valence-corrected chi connectivity index (χ3v) is 2.66. The van der Waals surface area contributed by atoms with E-state index in [1.165, 1.54) is 18.2 Å². The molecule has 0 atom stereocenters. The summed E-state index contributed by atoms with van der Waals surface area (Å²) in [4.78, 5) is 1.16. The van der Waals surface area contributed by atoms with Crippen LogP contribution in [-0.2, 0) is 0 Å². The standard InChI is InChI=1S/C12H12ClF3N2/c1-8(2)18(7-12(14,15)16)11-4-3-9(6-17)5-10(11)13/h3-5,8H,7H2,1-2H3. The minimum absolute atomic E-state index is 0.145. The van der Waals surface area contributed by atoms with Gasteiger partial charge < -0.3 is 4.90 Å². The van der Waals surface area contributed by atoms with Crippen molar-refractivity contribution in [2.45, 2.75) is 26.1 Å². The molecule has 0 saturated carbocycles. The average molecular weight is 277 g/mol. The van der Waals surface area contributed by atoms with E-state index in [-0.39, 0.29) is 16.8 Å². The maximum Gasteiger partial charge on any atom is 0.405 e. The Labute approximate surface area is 109 Å². The molecule has 0 heterocycles. The number of alkyl halides is 3. The molecule has 98 valence electrons. The zero-order chi connectivity index (χ0) is 13.9. The lowest BCUT2D eigenvalue weighted by Gasteiger charge is -2.30. The van der Waals surface area contributed by atoms with E-state index in [0.29, 0.717) is 5.56 Å². The van der Waals surface area contributed by atoms with Gasteiger partial charge in [0.2, 0.25) is 0 Å². The highest BCUT2D eigenvalue weighted by atomic mass is 35.5. The third kappa shape index (κ3) is 3.81. The molecule has 0 aliphatic heterocycles. The first kappa shape index (κ1) is 14.7. The molecular formula is C12H12ClF3N2. The number of halogens is 4. The van der Waals surface area contributed by atoms with E-state index in [2.05, 4.69) is 0 Å². The summed E-state index contributed by atoms with van der Waals surface area (Å²) in [6, 6.07) is 5.79. The predicted octanol–water partition coefficient (Wildman–Crippen LogP) is 3.99. The van der Waals surface area contributed by atoms with Gasteiger partial charge >= 0.3 is 6.18 Å². The molecule has 0 N–H and O–H groups in total. The number of nitriles is 1. The van der Waals surface area contributed by atoms with Crippen molar-refractivity contribution < 1.29 is 13.2 Å². The summed E-state index contributed by atoms with van der Waals surface area (Å²) in [6.07, 6.45) is -4.30. The van der Waals surface area contributed by atoms with E-state index in [1.54, 1.807) is 13.8 Å². The van der Waals surface area contributed by atoms with E-state index in [9.17, 15) is 13.2 Å². The first-order valence-electron chi connectivity index (χ1n) is 5.27. The van der Waals surface area contributed by atoms with Crippen LogP contribution in [0.25, 0.3) is 0 Å². The average Bonchev–Trinajstić information content (AvgIpc) is 2.24. The van der Waals surface area contributed by atoms with Crippen molar-refractivity contribution in [1.29, 1.82) is 5.26 Å². The fourth-order valence-electron chi connectivity index (χ4n) is 1.55. The van der Waals surface area contributed by atoms with Gasteiger partial charge in [0.15, 0.2) is 0 Å². The molecule has 0 radical (unpaired) electrons. The van der Waals surface area contributed by atoms with E-state index in [0.717, 1.165) is 4.90 Å². The molecule has 0 unspecified atom stereocenters. The van der Waals surface area contributed by atoms with Gasteiger partial charge in [-0.1, -0.05) is 11.6 Å². The molecule has 0 fully saturated rings. The topological polar surface area (TPSA) is 27.0 Å². The molecule has 0 bridgehead atoms. The summed E-state index contributed by atoms with van der Waals surface area (Å²) in [6.45, 7) is 2.23. The van der Waals surface area contributed by atoms with Crippen LogP contribution in [0.1, 0.15) is 19.4 Å². The lowest BCUT2D eigenvalue weighted by atomic mass is 10.2. The molecule has 0 aliphatic rings. The van der Waals surface area contributed by atoms with Gasteiger partial charge in [0.1, 0.15) is 6.54 Å². The number of hydrogen-bond donors (Lipinski definition) is 0. The van der Waals surface area contributed by atoms with Gasteiger partial charge in [-0.05, 0) is 32.0 Å². The van der Waals surface area contributed by atoms with Gasteiger partial charge in [0.05, 0.1) is 22.3 Å². The number of benzene rings is 1. The second-order valence-corrected chi connectivity index (χ2v) is 4.52. The quantitative estimate of drug-likeness (QED) is 0.835. The lowest BCUT2D eigenvalue weighted by Crippen LogP contribution is -2.39. The van der Waals surface area contributed by atoms with Crippen LogP contribution in [-0.4, -0.2) is 18.8 Å². The molecule has 18 heavy (non-hydrogen) atoms. The molecule has 1 aromatic carbocycles. The maximum atomic E-state index is 12.5. The van der Waals surface area contributed by atoms with Crippen LogP contribution >= 0.6 is 11.6 Å². The van der Waals surface area contributed by atoms with Crippen LogP contribution in [0.2, 0.25) is 5.02 Å². The number of hydrogen-bond acceptors (Lipinski definition) is 2. The van der Waals surface area contributed by atoms with Crippen LogP contribution in [0, 0.1) is 11.3 Å². The Balaban J connectivity index is 3.11. The monoisotopic (exact) mass is 276 g/mol. The molecule has 1 rings (SSSR count). The SMILES string of the molecule is CC(C)N(CC(F)(F)F)c1ccc(C#N)cc1Cl. The van der Waals surface area contributed by atoms with Crippen molar-refractivity contribution in [2.24, 2.45) is 0 Å². The second kappa shape index (κ2) is 5.49. The van der Waals surface area contributed by atoms with Crippen LogP contribution < -0.4 is 4.90 Å². The van der Waals surface area contributed by atoms with Crippen molar-refractivity contribution >= 4 is 17.3 Å². The molecule has 0 spiro atoms. The first-order valence-corrected chi connectivity index (χ1v) is 5.65. The van der Waals surface area contributed by atoms with Gasteiger partial charge in [-0.25, -0.2) is 0 Å². The van der Waals surface area contributed by atoms with Crippen molar-refractivity contribution in [1.82, 2.24) is 0 Å². The fourth-order valence-corrected chi connectivity index (χ4v) is 1.84. The van der Waals surface area contributed by atoms with Gasteiger partial charge in [0.25, 0.3) is 0 Å². The molecule has 0 aromatic heterocycles. The summed E-state index contributed by atoms with van der Waals surface area (Å²) in [7, 11) is 0. The largest absolute Gasteiger partial charge is 0.405 e. The Morgan fingerprint density at radius 3 is 2.39 bits per heavy atom. The third-order valence-electron chi connectivity index (χ3n) is 2.36. The van der Waals surface area contributed by atoms with E-state index >= 15 is 0 Å². The molecule has 0 saturated heterocycles. The summed E-state index contributed by atoms with van der Waals surface area (Å²) in [5, 5.41) is 8.83. The highest BCUT2D eigenvalue weighted by molar-refractivity contribution is 6.33. The molecule has 1 aromatic rings. The minimum Gasteiger partial charge on any atom is -0.359 e. The van der Waals surface area contributed by atoms with E-state index in [4.69, 9.17) is 16.9 Å². The second-order valence-electron chi connectivity index (χ2n) is 4.11. The van der Waals surface area contributed by atoms with E-state index in [1.807, 2.05) is 6.07 Å². The zero-order valence-electron chi connectivity index (χ0n) is 9.92. The van der Waals surface area contributed by atoms with Crippen LogP contribution in [0.4, 0.5) is 18.9 Å².